The third kappa shape index (κ3) is 6.00. The third-order valence-electron chi connectivity index (χ3n) is 3.52. The largest absolute Gasteiger partial charge is 0.490 e. The molecule has 0 saturated heterocycles. The van der Waals surface area contributed by atoms with Gasteiger partial charge in [0.1, 0.15) is 25.0 Å². The van der Waals surface area contributed by atoms with Gasteiger partial charge in [-0.3, -0.25) is 0 Å². The van der Waals surface area contributed by atoms with Crippen LogP contribution in [0.3, 0.4) is 0 Å². The number of benzene rings is 1. The van der Waals surface area contributed by atoms with Crippen molar-refractivity contribution in [2.45, 2.75) is 19.1 Å². The average molecular weight is 404 g/mol. The van der Waals surface area contributed by atoms with Gasteiger partial charge in [0, 0.05) is 15.6 Å². The van der Waals surface area contributed by atoms with E-state index < -0.39 is 5.60 Å². The first-order chi connectivity index (χ1) is 13.0. The summed E-state index contributed by atoms with van der Waals surface area (Å²) in [6.07, 6.45) is 7.73. The molecule has 0 fully saturated rings. The fraction of sp³-hybridized carbons (Fsp3) is 0.200. The summed E-state index contributed by atoms with van der Waals surface area (Å²) in [6, 6.07) is 7.03. The van der Waals surface area contributed by atoms with Gasteiger partial charge in [-0.15, -0.1) is 5.92 Å². The number of aromatic nitrogens is 3. The molecule has 1 N–H and O–H groups in total. The normalized spacial score (nSPS) is 14.1. The number of ether oxygens (including phenoxy) is 1. The van der Waals surface area contributed by atoms with Gasteiger partial charge in [-0.25, -0.2) is 9.67 Å². The minimum Gasteiger partial charge on any atom is -0.490 e. The number of rotatable bonds is 8. The number of allylic oxidation sites excluding steroid dienone is 2. The van der Waals surface area contributed by atoms with Gasteiger partial charge in [0.15, 0.2) is 5.60 Å². The maximum Gasteiger partial charge on any atom is 0.171 e. The Labute approximate surface area is 168 Å². The number of hydrogen-bond acceptors (Lipinski definition) is 4. The molecule has 0 radical (unpaired) electrons. The van der Waals surface area contributed by atoms with Gasteiger partial charge in [0.05, 0.1) is 6.54 Å². The smallest absolute Gasteiger partial charge is 0.171 e. The summed E-state index contributed by atoms with van der Waals surface area (Å²) in [7, 11) is 0. The van der Waals surface area contributed by atoms with E-state index in [0.717, 1.165) is 0 Å². The van der Waals surface area contributed by atoms with Crippen LogP contribution in [-0.2, 0) is 6.54 Å². The van der Waals surface area contributed by atoms with Crippen LogP contribution in [0.5, 0.6) is 5.75 Å². The Bertz CT molecular complexity index is 878. The summed E-state index contributed by atoms with van der Waals surface area (Å²) in [5, 5.41) is 16.1. The number of aliphatic hydroxyl groups is 1. The van der Waals surface area contributed by atoms with Crippen molar-refractivity contribution in [3.63, 3.8) is 0 Å². The Balaban J connectivity index is 2.20. The SMILES string of the molecule is C=C/C(Cl)=C(\C=C/COc1ccc(Cl)cc1)C(O)(C#CC)Cn1cncn1. The van der Waals surface area contributed by atoms with E-state index in [0.29, 0.717) is 16.3 Å². The summed E-state index contributed by atoms with van der Waals surface area (Å²) in [6.45, 7) is 5.65. The van der Waals surface area contributed by atoms with Crippen LogP contribution in [0.2, 0.25) is 5.02 Å². The molecule has 0 spiro atoms. The molecule has 140 valence electrons. The maximum absolute atomic E-state index is 11.1. The van der Waals surface area contributed by atoms with E-state index in [1.807, 2.05) is 0 Å². The molecule has 7 heteroatoms. The molecule has 5 nitrogen and oxygen atoms in total. The standard InChI is InChI=1S/C20H19Cl2N3O2/c1-3-11-20(26,13-25-15-23-14-24-25)18(19(22)4-2)6-5-12-27-17-9-7-16(21)8-10-17/h4-10,14-15,26H,2,12-13H2,1H3/b6-5-,19-18-. The molecule has 0 aliphatic heterocycles. The molecular weight excluding hydrogens is 385 g/mol. The number of nitrogens with zero attached hydrogens (tertiary/aromatic N) is 3. The van der Waals surface area contributed by atoms with Crippen LogP contribution >= 0.6 is 23.2 Å². The molecule has 0 aliphatic rings. The molecule has 1 aromatic carbocycles. The number of halogens is 2. The highest BCUT2D eigenvalue weighted by Gasteiger charge is 2.31. The van der Waals surface area contributed by atoms with Crippen LogP contribution in [-0.4, -0.2) is 32.1 Å². The van der Waals surface area contributed by atoms with Crippen molar-refractivity contribution in [3.05, 3.63) is 77.4 Å². The molecule has 1 atom stereocenters. The molecule has 1 unspecified atom stereocenters. The lowest BCUT2D eigenvalue weighted by Crippen LogP contribution is -2.35. The lowest BCUT2D eigenvalue weighted by atomic mass is 9.92. The van der Waals surface area contributed by atoms with E-state index in [1.165, 1.54) is 23.4 Å². The van der Waals surface area contributed by atoms with E-state index in [-0.39, 0.29) is 18.2 Å². The highest BCUT2D eigenvalue weighted by Crippen LogP contribution is 2.26. The van der Waals surface area contributed by atoms with Gasteiger partial charge in [0.2, 0.25) is 0 Å². The van der Waals surface area contributed by atoms with Crippen molar-refractivity contribution in [1.82, 2.24) is 14.8 Å². The van der Waals surface area contributed by atoms with Crippen LogP contribution in [0.25, 0.3) is 0 Å². The molecule has 2 rings (SSSR count). The second-order valence-corrected chi connectivity index (χ2v) is 6.31. The van der Waals surface area contributed by atoms with Crippen LogP contribution in [0.15, 0.2) is 72.3 Å². The zero-order valence-corrected chi connectivity index (χ0v) is 16.3. The molecule has 1 heterocycles. The zero-order valence-electron chi connectivity index (χ0n) is 14.8. The van der Waals surface area contributed by atoms with Crippen molar-refractivity contribution in [2.75, 3.05) is 6.61 Å². The molecule has 2 aromatic rings. The molecule has 0 bridgehead atoms. The van der Waals surface area contributed by atoms with Crippen LogP contribution in [0.1, 0.15) is 6.92 Å². The van der Waals surface area contributed by atoms with Crippen molar-refractivity contribution in [3.8, 4) is 17.6 Å². The lowest BCUT2D eigenvalue weighted by Gasteiger charge is -2.24. The van der Waals surface area contributed by atoms with Crippen LogP contribution < -0.4 is 4.74 Å². The molecule has 0 aliphatic carbocycles. The van der Waals surface area contributed by atoms with Gasteiger partial charge in [-0.1, -0.05) is 47.9 Å². The first-order valence-corrected chi connectivity index (χ1v) is 8.80. The summed E-state index contributed by atoms with van der Waals surface area (Å²) < 4.78 is 7.10. The van der Waals surface area contributed by atoms with Crippen molar-refractivity contribution in [1.29, 1.82) is 0 Å². The highest BCUT2D eigenvalue weighted by molar-refractivity contribution is 6.32. The van der Waals surface area contributed by atoms with Gasteiger partial charge >= 0.3 is 0 Å². The quantitative estimate of drug-likeness (QED) is 0.534. The van der Waals surface area contributed by atoms with Gasteiger partial charge in [0.25, 0.3) is 0 Å². The first kappa shape index (κ1) is 20.8. The van der Waals surface area contributed by atoms with E-state index >= 15 is 0 Å². The molecule has 0 saturated carbocycles. The fourth-order valence-corrected chi connectivity index (χ4v) is 2.66. The first-order valence-electron chi connectivity index (χ1n) is 8.05. The van der Waals surface area contributed by atoms with Crippen LogP contribution in [0.4, 0.5) is 0 Å². The van der Waals surface area contributed by atoms with E-state index in [4.69, 9.17) is 27.9 Å². The minimum atomic E-state index is -1.56. The predicted molar refractivity (Wildman–Crippen MR) is 108 cm³/mol. The van der Waals surface area contributed by atoms with Gasteiger partial charge in [-0.05, 0) is 37.3 Å². The second-order valence-electron chi connectivity index (χ2n) is 5.46. The van der Waals surface area contributed by atoms with Crippen molar-refractivity contribution >= 4 is 23.2 Å². The highest BCUT2D eigenvalue weighted by atomic mass is 35.5. The zero-order chi connectivity index (χ0) is 19.7. The van der Waals surface area contributed by atoms with E-state index in [9.17, 15) is 5.11 Å². The lowest BCUT2D eigenvalue weighted by molar-refractivity contribution is 0.118. The topological polar surface area (TPSA) is 60.2 Å². The van der Waals surface area contributed by atoms with Gasteiger partial charge < -0.3 is 9.84 Å². The number of hydrogen-bond donors (Lipinski definition) is 1. The minimum absolute atomic E-state index is 0.0651. The Morgan fingerprint density at radius 1 is 1.41 bits per heavy atom. The Kier molecular flexibility index (Phi) is 7.68. The molecule has 1 aromatic heterocycles. The second kappa shape index (κ2) is 9.98. The monoisotopic (exact) mass is 403 g/mol. The molecule has 0 amide bonds. The predicted octanol–water partition coefficient (Wildman–Crippen LogP) is 4.00. The van der Waals surface area contributed by atoms with Crippen LogP contribution in [0, 0.1) is 11.8 Å². The third-order valence-corrected chi connectivity index (χ3v) is 4.13. The Morgan fingerprint density at radius 3 is 2.74 bits per heavy atom. The summed E-state index contributed by atoms with van der Waals surface area (Å²) >= 11 is 12.1. The van der Waals surface area contributed by atoms with Gasteiger partial charge in [-0.2, -0.15) is 5.10 Å². The average Bonchev–Trinajstić information content (AvgIpc) is 3.15. The summed E-state index contributed by atoms with van der Waals surface area (Å²) in [5.74, 6) is 6.21. The molecular formula is C20H19Cl2N3O2. The van der Waals surface area contributed by atoms with Crippen molar-refractivity contribution < 1.29 is 9.84 Å². The summed E-state index contributed by atoms with van der Waals surface area (Å²) in [5.41, 5.74) is -1.17. The maximum atomic E-state index is 11.1. The molecule has 27 heavy (non-hydrogen) atoms. The van der Waals surface area contributed by atoms with Crippen molar-refractivity contribution in [2.24, 2.45) is 0 Å². The Hall–Kier alpha value is -2.52. The Morgan fingerprint density at radius 2 is 2.15 bits per heavy atom. The summed E-state index contributed by atoms with van der Waals surface area (Å²) in [4.78, 5) is 3.88. The van der Waals surface area contributed by atoms with E-state index in [1.54, 1.807) is 43.3 Å². The van der Waals surface area contributed by atoms with E-state index in [2.05, 4.69) is 28.5 Å². The fourth-order valence-electron chi connectivity index (χ4n) is 2.31.